The molecule has 14 heavy (non-hydrogen) atoms. The molecule has 0 aromatic heterocycles. The summed E-state index contributed by atoms with van der Waals surface area (Å²) in [6.07, 6.45) is 0.0201. The first-order valence-electron chi connectivity index (χ1n) is 4.43. The first-order valence-corrected chi connectivity index (χ1v) is 4.43. The van der Waals surface area contributed by atoms with Crippen LogP contribution >= 0.6 is 0 Å². The van der Waals surface area contributed by atoms with Crippen LogP contribution < -0.4 is 5.73 Å². The van der Waals surface area contributed by atoms with E-state index < -0.39 is 12.0 Å². The highest BCUT2D eigenvalue weighted by Gasteiger charge is 2.28. The van der Waals surface area contributed by atoms with Crippen molar-refractivity contribution in [3.8, 4) is 0 Å². The van der Waals surface area contributed by atoms with Gasteiger partial charge in [0.15, 0.2) is 0 Å². The molecular weight excluding hydrogens is 188 g/mol. The van der Waals surface area contributed by atoms with Crippen molar-refractivity contribution in [1.82, 2.24) is 4.90 Å². The van der Waals surface area contributed by atoms with Crippen LogP contribution in [0.4, 0.5) is 4.79 Å². The van der Waals surface area contributed by atoms with Gasteiger partial charge in [-0.25, -0.2) is 4.79 Å². The topological polar surface area (TPSA) is 92.9 Å². The molecule has 1 saturated heterocycles. The maximum absolute atomic E-state index is 10.6. The smallest absolute Gasteiger partial charge is 0.314 e. The minimum atomic E-state index is -0.864. The number of likely N-dealkylation sites (tertiary alicyclic amines) is 1. The second kappa shape index (κ2) is 4.80. The van der Waals surface area contributed by atoms with E-state index in [4.69, 9.17) is 15.6 Å². The number of carboxylic acid groups (broad SMARTS) is 1. The summed E-state index contributed by atoms with van der Waals surface area (Å²) < 4.78 is 5.12. The Balaban J connectivity index is 1.96. The van der Waals surface area contributed by atoms with E-state index in [2.05, 4.69) is 0 Å². The maximum atomic E-state index is 10.6. The van der Waals surface area contributed by atoms with Crippen molar-refractivity contribution in [2.75, 3.05) is 26.3 Å². The summed E-state index contributed by atoms with van der Waals surface area (Å²) in [6, 6.07) is -0.410. The van der Waals surface area contributed by atoms with Crippen molar-refractivity contribution in [2.45, 2.75) is 6.42 Å². The lowest BCUT2D eigenvalue weighted by atomic mass is 10.0. The highest BCUT2D eigenvalue weighted by molar-refractivity contribution is 5.72. The molecule has 0 bridgehead atoms. The first-order chi connectivity index (χ1) is 6.59. The van der Waals surface area contributed by atoms with Gasteiger partial charge in [0.25, 0.3) is 0 Å². The average molecular weight is 202 g/mol. The van der Waals surface area contributed by atoms with Crippen molar-refractivity contribution in [1.29, 1.82) is 0 Å². The number of amides is 2. The summed E-state index contributed by atoms with van der Waals surface area (Å²) in [5.74, 6) is -0.561. The third-order valence-corrected chi connectivity index (χ3v) is 2.08. The number of primary amides is 1. The molecule has 1 heterocycles. The third kappa shape index (κ3) is 3.21. The van der Waals surface area contributed by atoms with Gasteiger partial charge >= 0.3 is 12.0 Å². The van der Waals surface area contributed by atoms with E-state index in [1.807, 2.05) is 0 Å². The minimum absolute atomic E-state index is 0.0201. The van der Waals surface area contributed by atoms with Crippen molar-refractivity contribution in [3.63, 3.8) is 0 Å². The van der Waals surface area contributed by atoms with Crippen molar-refractivity contribution in [3.05, 3.63) is 0 Å². The van der Waals surface area contributed by atoms with Gasteiger partial charge in [0.2, 0.25) is 0 Å². The van der Waals surface area contributed by atoms with Crippen LogP contribution in [0.5, 0.6) is 0 Å². The third-order valence-electron chi connectivity index (χ3n) is 2.08. The number of nitrogens with two attached hydrogens (primary N) is 1. The molecule has 0 saturated carbocycles. The minimum Gasteiger partial charge on any atom is -0.481 e. The fourth-order valence-electron chi connectivity index (χ4n) is 1.26. The summed E-state index contributed by atoms with van der Waals surface area (Å²) in [5.41, 5.74) is 5.02. The quantitative estimate of drug-likeness (QED) is 0.587. The maximum Gasteiger partial charge on any atom is 0.314 e. The lowest BCUT2D eigenvalue weighted by molar-refractivity contribution is -0.138. The second-order valence-corrected chi connectivity index (χ2v) is 3.33. The Hall–Kier alpha value is -1.30. The van der Waals surface area contributed by atoms with Crippen LogP contribution in [0, 0.1) is 5.92 Å². The van der Waals surface area contributed by atoms with Gasteiger partial charge in [-0.1, -0.05) is 0 Å². The summed E-state index contributed by atoms with van der Waals surface area (Å²) in [6.45, 7) is 1.95. The molecule has 0 atom stereocenters. The van der Waals surface area contributed by atoms with Gasteiger partial charge in [-0.2, -0.15) is 0 Å². The van der Waals surface area contributed by atoms with Crippen LogP contribution in [-0.4, -0.2) is 48.3 Å². The number of hydrogen-bond donors (Lipinski definition) is 2. The van der Waals surface area contributed by atoms with Gasteiger partial charge < -0.3 is 20.5 Å². The fourth-order valence-corrected chi connectivity index (χ4v) is 1.26. The molecule has 0 aliphatic carbocycles. The van der Waals surface area contributed by atoms with E-state index in [9.17, 15) is 9.59 Å². The zero-order valence-corrected chi connectivity index (χ0v) is 7.81. The molecule has 0 aromatic carbocycles. The van der Waals surface area contributed by atoms with E-state index in [-0.39, 0.29) is 13.0 Å². The van der Waals surface area contributed by atoms with E-state index >= 15 is 0 Å². The van der Waals surface area contributed by atoms with Crippen molar-refractivity contribution < 1.29 is 19.4 Å². The van der Waals surface area contributed by atoms with Crippen LogP contribution in [-0.2, 0) is 9.53 Å². The SMILES string of the molecule is NC(=O)N1CC(COCCC(=O)O)C1. The second-order valence-electron chi connectivity index (χ2n) is 3.33. The lowest BCUT2D eigenvalue weighted by Crippen LogP contribution is -2.53. The van der Waals surface area contributed by atoms with Crippen LogP contribution in [0.1, 0.15) is 6.42 Å². The molecule has 2 amide bonds. The number of carbonyl (C=O) groups is 2. The van der Waals surface area contributed by atoms with Crippen LogP contribution in [0.15, 0.2) is 0 Å². The molecule has 80 valence electrons. The Labute approximate surface area is 81.6 Å². The Bertz CT molecular complexity index is 225. The Morgan fingerprint density at radius 1 is 1.50 bits per heavy atom. The van der Waals surface area contributed by atoms with Gasteiger partial charge in [-0.15, -0.1) is 0 Å². The highest BCUT2D eigenvalue weighted by atomic mass is 16.5. The molecular formula is C8H14N2O4. The number of aliphatic carboxylic acids is 1. The summed E-state index contributed by atoms with van der Waals surface area (Å²) in [4.78, 5) is 22.2. The molecule has 6 nitrogen and oxygen atoms in total. The van der Waals surface area contributed by atoms with E-state index in [0.29, 0.717) is 25.6 Å². The summed E-state index contributed by atoms with van der Waals surface area (Å²) in [7, 11) is 0. The zero-order chi connectivity index (χ0) is 10.6. The number of hydrogen-bond acceptors (Lipinski definition) is 3. The number of rotatable bonds is 5. The zero-order valence-electron chi connectivity index (χ0n) is 7.81. The fraction of sp³-hybridized carbons (Fsp3) is 0.750. The van der Waals surface area contributed by atoms with Gasteiger partial charge in [0.05, 0.1) is 19.6 Å². The molecule has 1 rings (SSSR count). The monoisotopic (exact) mass is 202 g/mol. The van der Waals surface area contributed by atoms with E-state index in [0.717, 1.165) is 0 Å². The number of nitrogens with zero attached hydrogens (tertiary/aromatic N) is 1. The number of carbonyl (C=O) groups excluding carboxylic acids is 1. The molecule has 1 fully saturated rings. The first kappa shape index (κ1) is 10.8. The molecule has 0 aromatic rings. The Morgan fingerprint density at radius 3 is 2.64 bits per heavy atom. The molecule has 0 spiro atoms. The van der Waals surface area contributed by atoms with Gasteiger partial charge in [0.1, 0.15) is 0 Å². The van der Waals surface area contributed by atoms with Gasteiger partial charge in [-0.05, 0) is 0 Å². The molecule has 1 aliphatic heterocycles. The molecule has 0 unspecified atom stereocenters. The number of carboxylic acids is 1. The van der Waals surface area contributed by atoms with Crippen LogP contribution in [0.25, 0.3) is 0 Å². The molecule has 6 heteroatoms. The van der Waals surface area contributed by atoms with Crippen LogP contribution in [0.3, 0.4) is 0 Å². The number of ether oxygens (including phenoxy) is 1. The Morgan fingerprint density at radius 2 is 2.14 bits per heavy atom. The average Bonchev–Trinajstić information content (AvgIpc) is 1.98. The van der Waals surface area contributed by atoms with Crippen LogP contribution in [0.2, 0.25) is 0 Å². The Kier molecular flexibility index (Phi) is 3.70. The highest BCUT2D eigenvalue weighted by Crippen LogP contribution is 2.14. The summed E-state index contributed by atoms with van der Waals surface area (Å²) in [5, 5.41) is 8.32. The largest absolute Gasteiger partial charge is 0.481 e. The predicted molar refractivity (Wildman–Crippen MR) is 47.7 cm³/mol. The molecule has 1 aliphatic rings. The predicted octanol–water partition coefficient (Wildman–Crippen LogP) is -0.512. The molecule has 3 N–H and O–H groups in total. The normalized spacial score (nSPS) is 16.4. The summed E-state index contributed by atoms with van der Waals surface area (Å²) >= 11 is 0. The number of urea groups is 1. The lowest BCUT2D eigenvalue weighted by Gasteiger charge is -2.37. The van der Waals surface area contributed by atoms with Crippen molar-refractivity contribution in [2.24, 2.45) is 11.7 Å². The van der Waals surface area contributed by atoms with E-state index in [1.165, 1.54) is 4.90 Å². The van der Waals surface area contributed by atoms with E-state index in [1.54, 1.807) is 0 Å². The van der Waals surface area contributed by atoms with Crippen molar-refractivity contribution >= 4 is 12.0 Å². The molecule has 0 radical (unpaired) electrons. The van der Waals surface area contributed by atoms with Gasteiger partial charge in [-0.3, -0.25) is 4.79 Å². The van der Waals surface area contributed by atoms with Gasteiger partial charge in [0, 0.05) is 19.0 Å². The standard InChI is InChI=1S/C8H14N2O4/c9-8(13)10-3-6(4-10)5-14-2-1-7(11)12/h6H,1-5H2,(H2,9,13)(H,11,12).